The van der Waals surface area contributed by atoms with Crippen LogP contribution in [0.1, 0.15) is 54.1 Å². The summed E-state index contributed by atoms with van der Waals surface area (Å²) in [5.41, 5.74) is 2.33. The van der Waals surface area contributed by atoms with Gasteiger partial charge in [0.2, 0.25) is 5.91 Å². The minimum atomic E-state index is -0.160. The van der Waals surface area contributed by atoms with Crippen LogP contribution < -0.4 is 10.9 Å². The number of hydrogen-bond donors (Lipinski definition) is 1. The van der Waals surface area contributed by atoms with E-state index >= 15 is 0 Å². The third-order valence-corrected chi connectivity index (χ3v) is 6.07. The number of rotatable bonds is 4. The normalized spacial score (nSPS) is 22.9. The van der Waals surface area contributed by atoms with Crippen molar-refractivity contribution in [2.75, 3.05) is 19.6 Å². The molecule has 29 heavy (non-hydrogen) atoms. The van der Waals surface area contributed by atoms with E-state index in [2.05, 4.69) is 10.4 Å². The molecule has 2 aliphatic heterocycles. The van der Waals surface area contributed by atoms with Crippen LogP contribution in [0.2, 0.25) is 0 Å². The maximum atomic E-state index is 13.3. The number of nitrogens with one attached hydrogen (secondary N) is 1. The number of carbonyl (C=O) groups excluding carboxylic acids is 2. The maximum Gasteiger partial charge on any atom is 0.272 e. The lowest BCUT2D eigenvalue weighted by Crippen LogP contribution is -2.53. The van der Waals surface area contributed by atoms with Crippen molar-refractivity contribution in [2.45, 2.75) is 45.7 Å². The van der Waals surface area contributed by atoms with Crippen LogP contribution >= 0.6 is 0 Å². The molecule has 3 atom stereocenters. The number of nitrogens with zero attached hydrogens (tertiary/aromatic N) is 4. The molecule has 154 valence electrons. The number of pyridine rings is 1. The first-order valence-corrected chi connectivity index (χ1v) is 10.2. The molecule has 8 heteroatoms. The first kappa shape index (κ1) is 19.4. The molecule has 0 saturated carbocycles. The van der Waals surface area contributed by atoms with Crippen molar-refractivity contribution in [3.05, 3.63) is 51.7 Å². The summed E-state index contributed by atoms with van der Waals surface area (Å²) < 4.78 is 3.58. The van der Waals surface area contributed by atoms with Gasteiger partial charge in [0.1, 0.15) is 5.69 Å². The first-order chi connectivity index (χ1) is 13.9. The number of aromatic nitrogens is 3. The van der Waals surface area contributed by atoms with Crippen molar-refractivity contribution in [2.24, 2.45) is 5.92 Å². The Kier molecular flexibility index (Phi) is 5.02. The summed E-state index contributed by atoms with van der Waals surface area (Å²) in [4.78, 5) is 39.3. The highest BCUT2D eigenvalue weighted by atomic mass is 16.2. The van der Waals surface area contributed by atoms with E-state index in [1.165, 1.54) is 6.92 Å². The van der Waals surface area contributed by atoms with Crippen molar-refractivity contribution >= 4 is 11.8 Å². The first-order valence-electron chi connectivity index (χ1n) is 10.2. The van der Waals surface area contributed by atoms with E-state index in [1.807, 2.05) is 35.4 Å². The second-order valence-corrected chi connectivity index (χ2v) is 8.05. The van der Waals surface area contributed by atoms with E-state index in [0.717, 1.165) is 17.8 Å². The smallest absolute Gasteiger partial charge is 0.272 e. The number of aryl methyl sites for hydroxylation is 2. The van der Waals surface area contributed by atoms with Gasteiger partial charge in [-0.1, -0.05) is 6.07 Å². The minimum Gasteiger partial charge on any atom is -0.354 e. The lowest BCUT2D eigenvalue weighted by Gasteiger charge is -2.47. The van der Waals surface area contributed by atoms with Crippen LogP contribution in [0.3, 0.4) is 0 Å². The van der Waals surface area contributed by atoms with Gasteiger partial charge in [0, 0.05) is 50.8 Å². The molecule has 0 aliphatic carbocycles. The summed E-state index contributed by atoms with van der Waals surface area (Å²) in [7, 11) is 0. The van der Waals surface area contributed by atoms with E-state index in [4.69, 9.17) is 0 Å². The molecule has 1 saturated heterocycles. The highest BCUT2D eigenvalue weighted by molar-refractivity contribution is 5.93. The number of likely N-dealkylation sites (tertiary alicyclic amines) is 1. The van der Waals surface area contributed by atoms with Crippen LogP contribution in [0.15, 0.2) is 29.1 Å². The molecule has 2 aromatic rings. The van der Waals surface area contributed by atoms with Crippen molar-refractivity contribution < 1.29 is 9.59 Å². The van der Waals surface area contributed by atoms with Gasteiger partial charge in [-0.2, -0.15) is 5.10 Å². The molecular formula is C21H27N5O3. The molecule has 1 fully saturated rings. The van der Waals surface area contributed by atoms with Crippen molar-refractivity contribution in [3.63, 3.8) is 0 Å². The van der Waals surface area contributed by atoms with Crippen molar-refractivity contribution in [3.8, 4) is 0 Å². The molecule has 4 rings (SSSR count). The number of carbonyl (C=O) groups is 2. The number of hydrogen-bond acceptors (Lipinski definition) is 4. The van der Waals surface area contributed by atoms with Crippen molar-refractivity contribution in [1.82, 2.24) is 24.6 Å². The van der Waals surface area contributed by atoms with Gasteiger partial charge in [0.05, 0.1) is 11.7 Å². The molecule has 0 unspecified atom stereocenters. The zero-order chi connectivity index (χ0) is 20.7. The Balaban J connectivity index is 1.68. The predicted molar refractivity (Wildman–Crippen MR) is 108 cm³/mol. The molecule has 0 spiro atoms. The summed E-state index contributed by atoms with van der Waals surface area (Å²) in [5.74, 6) is 0.0754. The van der Waals surface area contributed by atoms with Crippen molar-refractivity contribution in [1.29, 1.82) is 0 Å². The van der Waals surface area contributed by atoms with Gasteiger partial charge >= 0.3 is 0 Å². The number of amides is 2. The Morgan fingerprint density at radius 3 is 2.79 bits per heavy atom. The Morgan fingerprint density at radius 2 is 2.07 bits per heavy atom. The third-order valence-electron chi connectivity index (χ3n) is 6.07. The monoisotopic (exact) mass is 397 g/mol. The van der Waals surface area contributed by atoms with Gasteiger partial charge in [0.25, 0.3) is 11.5 Å². The standard InChI is InChI=1S/C21H27N5O3/c1-4-25-18(8-13(2)23-25)21(29)24-11-15-9-16(12-24)19(10-22-14(3)27)26-17(15)6-5-7-20(26)28/h5-8,15-16,19H,4,9-12H2,1-3H3,(H,22,27)/t15-,16+,19+/m1/s1. The topological polar surface area (TPSA) is 89.2 Å². The van der Waals surface area contributed by atoms with E-state index in [-0.39, 0.29) is 35.3 Å². The summed E-state index contributed by atoms with van der Waals surface area (Å²) in [6, 6.07) is 6.99. The molecule has 2 bridgehead atoms. The molecule has 0 radical (unpaired) electrons. The van der Waals surface area contributed by atoms with Crippen LogP contribution in [-0.2, 0) is 11.3 Å². The average molecular weight is 397 g/mol. The summed E-state index contributed by atoms with van der Waals surface area (Å²) >= 11 is 0. The molecule has 8 nitrogen and oxygen atoms in total. The molecule has 2 amide bonds. The van der Waals surface area contributed by atoms with E-state index in [9.17, 15) is 14.4 Å². The summed E-state index contributed by atoms with van der Waals surface area (Å²) in [6.07, 6.45) is 0.906. The van der Waals surface area contributed by atoms with Gasteiger partial charge in [-0.15, -0.1) is 0 Å². The van der Waals surface area contributed by atoms with Gasteiger partial charge in [-0.3, -0.25) is 19.1 Å². The van der Waals surface area contributed by atoms with Gasteiger partial charge in [-0.05, 0) is 38.3 Å². The minimum absolute atomic E-state index is 0.0212. The molecule has 2 aliphatic rings. The van der Waals surface area contributed by atoms with Crippen LogP contribution in [0.5, 0.6) is 0 Å². The average Bonchev–Trinajstić information content (AvgIpc) is 3.08. The second kappa shape index (κ2) is 7.50. The van der Waals surface area contributed by atoms with E-state index in [0.29, 0.717) is 31.9 Å². The van der Waals surface area contributed by atoms with E-state index in [1.54, 1.807) is 16.8 Å². The predicted octanol–water partition coefficient (Wildman–Crippen LogP) is 1.31. The third kappa shape index (κ3) is 3.47. The number of piperidine rings is 1. The molecular weight excluding hydrogens is 370 g/mol. The molecule has 4 heterocycles. The lowest BCUT2D eigenvalue weighted by atomic mass is 9.78. The summed E-state index contributed by atoms with van der Waals surface area (Å²) in [6.45, 7) is 7.51. The molecule has 2 aromatic heterocycles. The Hall–Kier alpha value is -2.90. The SMILES string of the molecule is CCn1nc(C)cc1C(=O)N1C[C@H]2C[C@@H](C1)[C@H](CNC(C)=O)n1c2cccc1=O. The van der Waals surface area contributed by atoms with Crippen LogP contribution in [0.4, 0.5) is 0 Å². The Labute approximate surface area is 169 Å². The van der Waals surface area contributed by atoms with Gasteiger partial charge in [0.15, 0.2) is 0 Å². The Morgan fingerprint density at radius 1 is 1.28 bits per heavy atom. The van der Waals surface area contributed by atoms with Crippen LogP contribution in [0.25, 0.3) is 0 Å². The fraction of sp³-hybridized carbons (Fsp3) is 0.524. The fourth-order valence-electron chi connectivity index (χ4n) is 4.84. The van der Waals surface area contributed by atoms with Crippen LogP contribution in [-0.4, -0.2) is 50.7 Å². The largest absolute Gasteiger partial charge is 0.354 e. The summed E-state index contributed by atoms with van der Waals surface area (Å²) in [5, 5.41) is 7.27. The quantitative estimate of drug-likeness (QED) is 0.842. The highest BCUT2D eigenvalue weighted by Crippen LogP contribution is 2.41. The molecule has 0 aromatic carbocycles. The van der Waals surface area contributed by atoms with E-state index < -0.39 is 0 Å². The zero-order valence-electron chi connectivity index (χ0n) is 17.1. The highest BCUT2D eigenvalue weighted by Gasteiger charge is 2.42. The van der Waals surface area contributed by atoms with Gasteiger partial charge < -0.3 is 14.8 Å². The number of fused-ring (bicyclic) bond motifs is 4. The maximum absolute atomic E-state index is 13.3. The van der Waals surface area contributed by atoms with Gasteiger partial charge in [-0.25, -0.2) is 0 Å². The Bertz CT molecular complexity index is 1010. The second-order valence-electron chi connectivity index (χ2n) is 8.05. The molecule has 1 N–H and O–H groups in total. The van der Waals surface area contributed by atoms with Crippen LogP contribution in [0, 0.1) is 12.8 Å². The lowest BCUT2D eigenvalue weighted by molar-refractivity contribution is -0.119. The zero-order valence-corrected chi connectivity index (χ0v) is 17.1. The fourth-order valence-corrected chi connectivity index (χ4v) is 4.84.